The Bertz CT molecular complexity index is 1010. The van der Waals surface area contributed by atoms with Gasteiger partial charge in [-0.1, -0.05) is 23.8 Å². The lowest BCUT2D eigenvalue weighted by Gasteiger charge is -2.09. The number of hydrogen-bond acceptors (Lipinski definition) is 5. The van der Waals surface area contributed by atoms with Crippen LogP contribution in [0.2, 0.25) is 0 Å². The van der Waals surface area contributed by atoms with E-state index >= 15 is 0 Å². The van der Waals surface area contributed by atoms with Gasteiger partial charge in [0.2, 0.25) is 10.0 Å². The van der Waals surface area contributed by atoms with Crippen molar-refractivity contribution in [2.45, 2.75) is 18.4 Å². The molecule has 0 aliphatic heterocycles. The third-order valence-electron chi connectivity index (χ3n) is 3.59. The lowest BCUT2D eigenvalue weighted by Crippen LogP contribution is -2.32. The number of thiophene rings is 1. The van der Waals surface area contributed by atoms with Gasteiger partial charge in [-0.2, -0.15) is 5.10 Å². The minimum atomic E-state index is -3.60. The van der Waals surface area contributed by atoms with Crippen molar-refractivity contribution >= 4 is 21.4 Å². The average Bonchev–Trinajstić information content (AvgIpc) is 3.11. The van der Waals surface area contributed by atoms with Crippen molar-refractivity contribution in [3.63, 3.8) is 0 Å². The summed E-state index contributed by atoms with van der Waals surface area (Å²) < 4.78 is 28.3. The summed E-state index contributed by atoms with van der Waals surface area (Å²) in [5.74, 6) is 0. The lowest BCUT2D eigenvalue weighted by atomic mass is 10.2. The number of rotatable bonds is 6. The molecule has 1 aromatic carbocycles. The SMILES string of the molecule is Cc1ccc(S(=O)(=O)NCCn2nc(-c3cccs3)ccc2=O)cc1. The Hall–Kier alpha value is -2.29. The molecular weight excluding hydrogens is 358 g/mol. The summed E-state index contributed by atoms with van der Waals surface area (Å²) in [6, 6.07) is 13.5. The van der Waals surface area contributed by atoms with E-state index in [1.54, 1.807) is 30.3 Å². The summed E-state index contributed by atoms with van der Waals surface area (Å²) in [5, 5.41) is 6.23. The van der Waals surface area contributed by atoms with Crippen LogP contribution in [0.1, 0.15) is 5.56 Å². The van der Waals surface area contributed by atoms with Gasteiger partial charge < -0.3 is 0 Å². The number of benzene rings is 1. The first-order valence-corrected chi connectivity index (χ1v) is 10.0. The molecule has 0 atom stereocenters. The summed E-state index contributed by atoms with van der Waals surface area (Å²) in [5.41, 5.74) is 1.41. The molecule has 0 bridgehead atoms. The molecule has 0 saturated heterocycles. The number of aryl methyl sites for hydroxylation is 1. The van der Waals surface area contributed by atoms with Crippen LogP contribution in [-0.4, -0.2) is 24.7 Å². The molecule has 0 spiro atoms. The number of aromatic nitrogens is 2. The van der Waals surface area contributed by atoms with Crippen molar-refractivity contribution in [3.8, 4) is 10.6 Å². The van der Waals surface area contributed by atoms with Gasteiger partial charge in [-0.3, -0.25) is 4.79 Å². The zero-order chi connectivity index (χ0) is 17.9. The molecular formula is C17H17N3O3S2. The van der Waals surface area contributed by atoms with Gasteiger partial charge in [-0.25, -0.2) is 17.8 Å². The standard InChI is InChI=1S/C17H17N3O3S2/c1-13-4-6-14(7-5-13)25(22,23)18-10-11-20-17(21)9-8-15(19-20)16-3-2-12-24-16/h2-9,12,18H,10-11H2,1H3. The van der Waals surface area contributed by atoms with Crippen molar-refractivity contribution in [1.82, 2.24) is 14.5 Å². The van der Waals surface area contributed by atoms with Gasteiger partial charge in [0.1, 0.15) is 5.69 Å². The highest BCUT2D eigenvalue weighted by molar-refractivity contribution is 7.89. The second-order valence-corrected chi connectivity index (χ2v) is 8.18. The molecule has 8 heteroatoms. The Morgan fingerprint density at radius 2 is 1.88 bits per heavy atom. The molecule has 25 heavy (non-hydrogen) atoms. The fraction of sp³-hybridized carbons (Fsp3) is 0.176. The zero-order valence-corrected chi connectivity index (χ0v) is 15.2. The van der Waals surface area contributed by atoms with Crippen LogP contribution < -0.4 is 10.3 Å². The number of hydrogen-bond donors (Lipinski definition) is 1. The van der Waals surface area contributed by atoms with Gasteiger partial charge in [0.15, 0.2) is 0 Å². The van der Waals surface area contributed by atoms with Gasteiger partial charge in [-0.15, -0.1) is 11.3 Å². The lowest BCUT2D eigenvalue weighted by molar-refractivity contribution is 0.549. The van der Waals surface area contributed by atoms with Crippen LogP contribution in [0.15, 0.2) is 63.6 Å². The monoisotopic (exact) mass is 375 g/mol. The molecule has 0 aliphatic carbocycles. The van der Waals surface area contributed by atoms with Gasteiger partial charge in [-0.05, 0) is 36.6 Å². The first-order chi connectivity index (χ1) is 12.0. The van der Waals surface area contributed by atoms with E-state index in [4.69, 9.17) is 0 Å². The second kappa shape index (κ2) is 7.30. The minimum absolute atomic E-state index is 0.0804. The largest absolute Gasteiger partial charge is 0.268 e. The Morgan fingerprint density at radius 3 is 2.56 bits per heavy atom. The summed E-state index contributed by atoms with van der Waals surface area (Å²) in [6.45, 7) is 2.13. The van der Waals surface area contributed by atoms with Crippen molar-refractivity contribution in [3.05, 3.63) is 69.8 Å². The molecule has 6 nitrogen and oxygen atoms in total. The van der Waals surface area contributed by atoms with Gasteiger partial charge >= 0.3 is 0 Å². The Kier molecular flexibility index (Phi) is 5.12. The molecule has 130 valence electrons. The Morgan fingerprint density at radius 1 is 1.12 bits per heavy atom. The highest BCUT2D eigenvalue weighted by Gasteiger charge is 2.13. The molecule has 3 aromatic rings. The smallest absolute Gasteiger partial charge is 0.266 e. The van der Waals surface area contributed by atoms with E-state index < -0.39 is 10.0 Å². The number of nitrogens with one attached hydrogen (secondary N) is 1. The maximum Gasteiger partial charge on any atom is 0.266 e. The molecule has 0 fully saturated rings. The molecule has 0 amide bonds. The molecule has 0 saturated carbocycles. The van der Waals surface area contributed by atoms with Crippen molar-refractivity contribution < 1.29 is 8.42 Å². The first-order valence-electron chi connectivity index (χ1n) is 7.64. The predicted molar refractivity (Wildman–Crippen MR) is 98.2 cm³/mol. The molecule has 0 aliphatic rings. The average molecular weight is 375 g/mol. The second-order valence-electron chi connectivity index (χ2n) is 5.47. The van der Waals surface area contributed by atoms with Crippen molar-refractivity contribution in [1.29, 1.82) is 0 Å². The maximum absolute atomic E-state index is 12.3. The number of sulfonamides is 1. The highest BCUT2D eigenvalue weighted by Crippen LogP contribution is 2.21. The van der Waals surface area contributed by atoms with Crippen LogP contribution >= 0.6 is 11.3 Å². The predicted octanol–water partition coefficient (Wildman–Crippen LogP) is 2.26. The van der Waals surface area contributed by atoms with E-state index in [2.05, 4.69) is 9.82 Å². The molecule has 2 heterocycles. The third-order valence-corrected chi connectivity index (χ3v) is 5.96. The normalized spacial score (nSPS) is 11.6. The molecule has 2 aromatic heterocycles. The summed E-state index contributed by atoms with van der Waals surface area (Å²) in [6.07, 6.45) is 0. The van der Waals surface area contributed by atoms with E-state index in [0.29, 0.717) is 5.69 Å². The topological polar surface area (TPSA) is 81.1 Å². The fourth-order valence-electron chi connectivity index (χ4n) is 2.25. The molecule has 0 radical (unpaired) electrons. The highest BCUT2D eigenvalue weighted by atomic mass is 32.2. The fourth-order valence-corrected chi connectivity index (χ4v) is 3.96. The minimum Gasteiger partial charge on any atom is -0.268 e. The summed E-state index contributed by atoms with van der Waals surface area (Å²) >= 11 is 1.53. The van der Waals surface area contributed by atoms with Gasteiger partial charge in [0.05, 0.1) is 16.3 Å². The Labute approximate surface area is 149 Å². The summed E-state index contributed by atoms with van der Waals surface area (Å²) in [7, 11) is -3.60. The van der Waals surface area contributed by atoms with Crippen LogP contribution in [0.25, 0.3) is 10.6 Å². The van der Waals surface area contributed by atoms with E-state index in [1.165, 1.54) is 22.1 Å². The van der Waals surface area contributed by atoms with Crippen molar-refractivity contribution in [2.75, 3.05) is 6.54 Å². The van der Waals surface area contributed by atoms with E-state index in [-0.39, 0.29) is 23.5 Å². The molecule has 3 rings (SSSR count). The van der Waals surface area contributed by atoms with Crippen LogP contribution in [0.4, 0.5) is 0 Å². The maximum atomic E-state index is 12.3. The van der Waals surface area contributed by atoms with Crippen molar-refractivity contribution in [2.24, 2.45) is 0 Å². The van der Waals surface area contributed by atoms with E-state index in [1.807, 2.05) is 24.4 Å². The summed E-state index contributed by atoms with van der Waals surface area (Å²) in [4.78, 5) is 13.1. The Balaban J connectivity index is 1.70. The molecule has 1 N–H and O–H groups in total. The van der Waals surface area contributed by atoms with Crippen LogP contribution in [0, 0.1) is 6.92 Å². The van der Waals surface area contributed by atoms with Gasteiger partial charge in [0, 0.05) is 12.6 Å². The zero-order valence-electron chi connectivity index (χ0n) is 13.5. The quantitative estimate of drug-likeness (QED) is 0.717. The van der Waals surface area contributed by atoms with E-state index in [9.17, 15) is 13.2 Å². The van der Waals surface area contributed by atoms with Gasteiger partial charge in [0.25, 0.3) is 5.56 Å². The van der Waals surface area contributed by atoms with Crippen LogP contribution in [0.5, 0.6) is 0 Å². The van der Waals surface area contributed by atoms with Crippen LogP contribution in [-0.2, 0) is 16.6 Å². The first kappa shape index (κ1) is 17.5. The van der Waals surface area contributed by atoms with Crippen LogP contribution in [0.3, 0.4) is 0 Å². The number of nitrogens with zero attached hydrogens (tertiary/aromatic N) is 2. The molecule has 0 unspecified atom stereocenters. The third kappa shape index (κ3) is 4.22. The van der Waals surface area contributed by atoms with E-state index in [0.717, 1.165) is 10.4 Å².